The lowest BCUT2D eigenvalue weighted by Crippen LogP contribution is -2.33. The third-order valence-electron chi connectivity index (χ3n) is 6.56. The molecule has 0 radical (unpaired) electrons. The highest BCUT2D eigenvalue weighted by atomic mass is 19.4. The van der Waals surface area contributed by atoms with Gasteiger partial charge in [0.25, 0.3) is 5.91 Å². The van der Waals surface area contributed by atoms with Gasteiger partial charge in [0.2, 0.25) is 0 Å². The van der Waals surface area contributed by atoms with Crippen molar-refractivity contribution in [3.63, 3.8) is 0 Å². The number of urea groups is 1. The molecule has 40 heavy (non-hydrogen) atoms. The Labute approximate surface area is 227 Å². The van der Waals surface area contributed by atoms with Gasteiger partial charge in [-0.25, -0.2) is 9.69 Å². The van der Waals surface area contributed by atoms with E-state index in [2.05, 4.69) is 4.98 Å². The van der Waals surface area contributed by atoms with Crippen LogP contribution in [0.4, 0.5) is 29.3 Å². The molecule has 0 saturated carbocycles. The Morgan fingerprint density at radius 1 is 0.875 bits per heavy atom. The summed E-state index contributed by atoms with van der Waals surface area (Å²) >= 11 is 0. The van der Waals surface area contributed by atoms with E-state index in [9.17, 15) is 22.8 Å². The van der Waals surface area contributed by atoms with Crippen LogP contribution in [-0.2, 0) is 17.4 Å². The molecular formula is C29H24F3N3O5. The quantitative estimate of drug-likeness (QED) is 0.241. The average Bonchev–Trinajstić information content (AvgIpc) is 3.25. The standard InChI is InChI=1S/C29H24F3N3O5/c1-4-17-12-20(35-27(36)16-34(28(35)37)19-7-5-6-18(13-19)29(30,31)32)8-9-23(17)40-24-10-11-33-22-15-26(39-3)25(38-2)14-21(22)24/h5-15H,4,16H2,1-3H3. The highest BCUT2D eigenvalue weighted by Gasteiger charge is 2.39. The molecule has 0 spiro atoms. The molecule has 5 rings (SSSR count). The first-order chi connectivity index (χ1) is 19.1. The third-order valence-corrected chi connectivity index (χ3v) is 6.56. The number of benzene rings is 3. The zero-order valence-electron chi connectivity index (χ0n) is 21.8. The van der Waals surface area contributed by atoms with E-state index in [1.807, 2.05) is 6.92 Å². The summed E-state index contributed by atoms with van der Waals surface area (Å²) in [4.78, 5) is 32.4. The predicted molar refractivity (Wildman–Crippen MR) is 142 cm³/mol. The number of carbonyl (C=O) groups is 2. The van der Waals surface area contributed by atoms with Crippen LogP contribution in [0, 0.1) is 0 Å². The van der Waals surface area contributed by atoms with Crippen LogP contribution in [0.5, 0.6) is 23.0 Å². The molecule has 1 aromatic heterocycles. The van der Waals surface area contributed by atoms with Gasteiger partial charge in [-0.3, -0.25) is 14.7 Å². The Morgan fingerprint density at radius 3 is 2.33 bits per heavy atom. The summed E-state index contributed by atoms with van der Waals surface area (Å²) in [6, 6.07) is 13.7. The van der Waals surface area contributed by atoms with Gasteiger partial charge in [-0.05, 0) is 60.5 Å². The molecule has 206 valence electrons. The third kappa shape index (κ3) is 4.86. The van der Waals surface area contributed by atoms with Crippen LogP contribution in [-0.4, -0.2) is 37.7 Å². The molecule has 1 saturated heterocycles. The van der Waals surface area contributed by atoms with E-state index in [0.717, 1.165) is 21.9 Å². The lowest BCUT2D eigenvalue weighted by atomic mass is 10.1. The second kappa shape index (κ2) is 10.4. The second-order valence-corrected chi connectivity index (χ2v) is 8.93. The molecule has 4 aromatic rings. The van der Waals surface area contributed by atoms with E-state index in [0.29, 0.717) is 51.6 Å². The molecule has 0 aliphatic carbocycles. The fourth-order valence-electron chi connectivity index (χ4n) is 4.54. The van der Waals surface area contributed by atoms with Crippen molar-refractivity contribution >= 4 is 34.2 Å². The highest BCUT2D eigenvalue weighted by Crippen LogP contribution is 2.39. The predicted octanol–water partition coefficient (Wildman–Crippen LogP) is 6.60. The van der Waals surface area contributed by atoms with Crippen LogP contribution >= 0.6 is 0 Å². The first kappa shape index (κ1) is 26.8. The lowest BCUT2D eigenvalue weighted by molar-refractivity contribution is -0.137. The normalized spacial score (nSPS) is 13.8. The van der Waals surface area contributed by atoms with Crippen LogP contribution in [0.1, 0.15) is 18.1 Å². The zero-order chi connectivity index (χ0) is 28.6. The number of carbonyl (C=O) groups excluding carboxylic acids is 2. The molecule has 1 aliphatic heterocycles. The first-order valence-electron chi connectivity index (χ1n) is 12.3. The van der Waals surface area contributed by atoms with Gasteiger partial charge < -0.3 is 14.2 Å². The van der Waals surface area contributed by atoms with Gasteiger partial charge >= 0.3 is 12.2 Å². The maximum Gasteiger partial charge on any atom is 0.416 e. The van der Waals surface area contributed by atoms with Crippen LogP contribution in [0.15, 0.2) is 66.9 Å². The van der Waals surface area contributed by atoms with E-state index in [4.69, 9.17) is 14.2 Å². The van der Waals surface area contributed by atoms with E-state index < -0.39 is 23.7 Å². The fraction of sp³-hybridized carbons (Fsp3) is 0.207. The van der Waals surface area contributed by atoms with E-state index in [1.54, 1.807) is 42.6 Å². The average molecular weight is 552 g/mol. The molecular weight excluding hydrogens is 527 g/mol. The molecule has 11 heteroatoms. The van der Waals surface area contributed by atoms with Crippen molar-refractivity contribution in [1.82, 2.24) is 4.98 Å². The molecule has 0 bridgehead atoms. The van der Waals surface area contributed by atoms with E-state index >= 15 is 0 Å². The molecule has 2 heterocycles. The second-order valence-electron chi connectivity index (χ2n) is 8.93. The van der Waals surface area contributed by atoms with Crippen molar-refractivity contribution in [1.29, 1.82) is 0 Å². The number of alkyl halides is 3. The molecule has 1 fully saturated rings. The number of hydrogen-bond donors (Lipinski definition) is 0. The van der Waals surface area contributed by atoms with Gasteiger partial charge in [0.05, 0.1) is 31.0 Å². The number of pyridine rings is 1. The number of rotatable bonds is 7. The minimum absolute atomic E-state index is 0.0111. The van der Waals surface area contributed by atoms with Crippen LogP contribution < -0.4 is 24.0 Å². The number of amides is 3. The smallest absolute Gasteiger partial charge is 0.416 e. The summed E-state index contributed by atoms with van der Waals surface area (Å²) < 4.78 is 56.6. The Bertz CT molecular complexity index is 1620. The number of methoxy groups -OCH3 is 2. The number of ether oxygens (including phenoxy) is 3. The molecule has 0 unspecified atom stereocenters. The van der Waals surface area contributed by atoms with Crippen LogP contribution in [0.3, 0.4) is 0 Å². The van der Waals surface area contributed by atoms with Crippen molar-refractivity contribution in [2.75, 3.05) is 30.6 Å². The summed E-state index contributed by atoms with van der Waals surface area (Å²) in [5.74, 6) is 1.49. The van der Waals surface area contributed by atoms with Crippen molar-refractivity contribution in [2.24, 2.45) is 0 Å². The van der Waals surface area contributed by atoms with Crippen molar-refractivity contribution in [3.8, 4) is 23.0 Å². The Balaban J connectivity index is 1.45. The van der Waals surface area contributed by atoms with Gasteiger partial charge in [-0.15, -0.1) is 0 Å². The van der Waals surface area contributed by atoms with Gasteiger partial charge in [-0.2, -0.15) is 13.2 Å². The summed E-state index contributed by atoms with van der Waals surface area (Å²) in [6.07, 6.45) is -2.46. The number of anilines is 2. The highest BCUT2D eigenvalue weighted by molar-refractivity contribution is 6.27. The van der Waals surface area contributed by atoms with E-state index in [1.165, 1.54) is 26.4 Å². The van der Waals surface area contributed by atoms with Crippen LogP contribution in [0.2, 0.25) is 0 Å². The number of aryl methyl sites for hydroxylation is 1. The van der Waals surface area contributed by atoms with Crippen molar-refractivity contribution in [3.05, 3.63) is 78.0 Å². The Kier molecular flexibility index (Phi) is 6.97. The van der Waals surface area contributed by atoms with Crippen molar-refractivity contribution < 1.29 is 37.0 Å². The topological polar surface area (TPSA) is 81.2 Å². The zero-order valence-corrected chi connectivity index (χ0v) is 21.8. The molecule has 3 aromatic carbocycles. The molecule has 8 nitrogen and oxygen atoms in total. The minimum atomic E-state index is -4.58. The Hall–Kier alpha value is -4.80. The number of imide groups is 1. The summed E-state index contributed by atoms with van der Waals surface area (Å²) in [5.41, 5.74) is 0.717. The van der Waals surface area contributed by atoms with Gasteiger partial charge in [0.1, 0.15) is 18.0 Å². The summed E-state index contributed by atoms with van der Waals surface area (Å²) in [7, 11) is 3.07. The Morgan fingerprint density at radius 2 is 1.62 bits per heavy atom. The van der Waals surface area contributed by atoms with E-state index in [-0.39, 0.29) is 12.2 Å². The summed E-state index contributed by atoms with van der Waals surface area (Å²) in [6.45, 7) is 1.52. The number of halogens is 3. The molecule has 3 amide bonds. The van der Waals surface area contributed by atoms with Gasteiger partial charge in [0, 0.05) is 23.3 Å². The van der Waals surface area contributed by atoms with Gasteiger partial charge in [-0.1, -0.05) is 13.0 Å². The minimum Gasteiger partial charge on any atom is -0.493 e. The van der Waals surface area contributed by atoms with Crippen LogP contribution in [0.25, 0.3) is 10.9 Å². The fourth-order valence-corrected chi connectivity index (χ4v) is 4.54. The van der Waals surface area contributed by atoms with Crippen molar-refractivity contribution in [2.45, 2.75) is 19.5 Å². The first-order valence-corrected chi connectivity index (χ1v) is 12.3. The lowest BCUT2D eigenvalue weighted by Gasteiger charge is -2.20. The monoisotopic (exact) mass is 551 g/mol. The molecule has 0 N–H and O–H groups in total. The van der Waals surface area contributed by atoms with Gasteiger partial charge in [0.15, 0.2) is 11.5 Å². The molecule has 0 atom stereocenters. The molecule has 1 aliphatic rings. The summed E-state index contributed by atoms with van der Waals surface area (Å²) in [5, 5.41) is 0.688. The number of fused-ring (bicyclic) bond motifs is 1. The number of nitrogens with zero attached hydrogens (tertiary/aromatic N) is 3. The number of hydrogen-bond acceptors (Lipinski definition) is 6. The number of aromatic nitrogens is 1. The maximum absolute atomic E-state index is 13.2. The largest absolute Gasteiger partial charge is 0.493 e. The maximum atomic E-state index is 13.2. The SMILES string of the molecule is CCc1cc(N2C(=O)CN(c3cccc(C(F)(F)F)c3)C2=O)ccc1Oc1ccnc2cc(OC)c(OC)cc12.